The summed E-state index contributed by atoms with van der Waals surface area (Å²) in [5, 5.41) is 9.11. The molecule has 0 atom stereocenters. The Bertz CT molecular complexity index is 742. The maximum atomic E-state index is 12.1. The number of aromatic hydroxyl groups is 1. The monoisotopic (exact) mass is 352 g/mol. The highest BCUT2D eigenvalue weighted by Gasteiger charge is 2.19. The molecular formula is C11H7Cl3N2O3S. The van der Waals surface area contributed by atoms with E-state index in [9.17, 15) is 13.5 Å². The summed E-state index contributed by atoms with van der Waals surface area (Å²) < 4.78 is 26.5. The second kappa shape index (κ2) is 5.65. The Balaban J connectivity index is 2.42. The summed E-state index contributed by atoms with van der Waals surface area (Å²) in [5.74, 6) is -0.323. The average Bonchev–Trinajstić information content (AvgIpc) is 2.35. The number of sulfonamides is 1. The molecule has 1 aromatic carbocycles. The average molecular weight is 354 g/mol. The van der Waals surface area contributed by atoms with Gasteiger partial charge < -0.3 is 5.11 Å². The Morgan fingerprint density at radius 1 is 1.15 bits per heavy atom. The van der Waals surface area contributed by atoms with Crippen LogP contribution in [-0.2, 0) is 10.0 Å². The Labute approximate surface area is 130 Å². The Hall–Kier alpha value is -1.21. The minimum absolute atomic E-state index is 0.0764. The van der Waals surface area contributed by atoms with E-state index in [1.54, 1.807) is 0 Å². The van der Waals surface area contributed by atoms with Crippen molar-refractivity contribution in [2.45, 2.75) is 4.90 Å². The molecule has 0 aliphatic rings. The smallest absolute Gasteiger partial charge is 0.264 e. The normalized spacial score (nSPS) is 11.3. The number of benzene rings is 1. The predicted octanol–water partition coefficient (Wildman–Crippen LogP) is 3.55. The molecule has 0 amide bonds. The fourth-order valence-corrected chi connectivity index (χ4v) is 3.39. The predicted molar refractivity (Wildman–Crippen MR) is 78.2 cm³/mol. The molecule has 5 nitrogen and oxygen atoms in total. The van der Waals surface area contributed by atoms with Gasteiger partial charge in [-0.2, -0.15) is 0 Å². The maximum Gasteiger partial charge on any atom is 0.264 e. The van der Waals surface area contributed by atoms with Gasteiger partial charge in [-0.25, -0.2) is 13.4 Å². The van der Waals surface area contributed by atoms with Gasteiger partial charge in [0.25, 0.3) is 10.0 Å². The van der Waals surface area contributed by atoms with Crippen LogP contribution in [0.15, 0.2) is 35.4 Å². The summed E-state index contributed by atoms with van der Waals surface area (Å²) in [6.45, 7) is 0. The van der Waals surface area contributed by atoms with Gasteiger partial charge in [0.1, 0.15) is 10.0 Å². The minimum atomic E-state index is -3.93. The Kier molecular flexibility index (Phi) is 4.29. The summed E-state index contributed by atoms with van der Waals surface area (Å²) in [7, 11) is -3.93. The molecule has 0 spiro atoms. The van der Waals surface area contributed by atoms with Gasteiger partial charge in [-0.15, -0.1) is 0 Å². The molecule has 2 rings (SSSR count). The second-order valence-corrected chi connectivity index (χ2v) is 6.51. The lowest BCUT2D eigenvalue weighted by Gasteiger charge is -2.10. The lowest BCUT2D eigenvalue weighted by Crippen LogP contribution is -2.13. The molecule has 0 aliphatic carbocycles. The third kappa shape index (κ3) is 3.09. The third-order valence-corrected chi connectivity index (χ3v) is 4.69. The summed E-state index contributed by atoms with van der Waals surface area (Å²) >= 11 is 17.2. The molecule has 0 saturated carbocycles. The second-order valence-electron chi connectivity index (χ2n) is 3.69. The van der Waals surface area contributed by atoms with Gasteiger partial charge in [0.15, 0.2) is 5.75 Å². The van der Waals surface area contributed by atoms with Crippen LogP contribution in [0.3, 0.4) is 0 Å². The van der Waals surface area contributed by atoms with Crippen LogP contribution in [0.2, 0.25) is 15.2 Å². The molecule has 0 unspecified atom stereocenters. The highest BCUT2D eigenvalue weighted by atomic mass is 35.5. The van der Waals surface area contributed by atoms with Crippen molar-refractivity contribution in [1.82, 2.24) is 4.98 Å². The van der Waals surface area contributed by atoms with Gasteiger partial charge >= 0.3 is 0 Å². The van der Waals surface area contributed by atoms with Crippen molar-refractivity contribution in [2.24, 2.45) is 0 Å². The fourth-order valence-electron chi connectivity index (χ4n) is 1.41. The van der Waals surface area contributed by atoms with Crippen molar-refractivity contribution < 1.29 is 13.5 Å². The van der Waals surface area contributed by atoms with E-state index in [0.717, 1.165) is 0 Å². The van der Waals surface area contributed by atoms with Crippen LogP contribution in [0.1, 0.15) is 0 Å². The molecule has 2 N–H and O–H groups in total. The number of phenolic OH excluding ortho intramolecular Hbond substituents is 1. The molecule has 1 aromatic heterocycles. The van der Waals surface area contributed by atoms with Crippen molar-refractivity contribution in [1.29, 1.82) is 0 Å². The van der Waals surface area contributed by atoms with Gasteiger partial charge in [0, 0.05) is 6.20 Å². The summed E-state index contributed by atoms with van der Waals surface area (Å²) in [6.07, 6.45) is 1.37. The lowest BCUT2D eigenvalue weighted by molar-refractivity contribution is 0.476. The van der Waals surface area contributed by atoms with Crippen LogP contribution in [0.4, 0.5) is 5.69 Å². The molecule has 0 fully saturated rings. The highest BCUT2D eigenvalue weighted by molar-refractivity contribution is 7.92. The largest absolute Gasteiger partial charge is 0.505 e. The molecule has 0 aliphatic heterocycles. The molecule has 0 bridgehead atoms. The first-order chi connectivity index (χ1) is 9.31. The van der Waals surface area contributed by atoms with E-state index in [1.165, 1.54) is 30.5 Å². The van der Waals surface area contributed by atoms with Crippen molar-refractivity contribution in [3.8, 4) is 5.75 Å². The zero-order valence-corrected chi connectivity index (χ0v) is 12.7. The SMILES string of the molecule is O=S(=O)(Nc1cc(Cl)c(O)c(Cl)c1)c1cccnc1Cl. The molecular weight excluding hydrogens is 347 g/mol. The van der Waals surface area contributed by atoms with Crippen molar-refractivity contribution in [2.75, 3.05) is 4.72 Å². The number of anilines is 1. The van der Waals surface area contributed by atoms with Crippen LogP contribution in [-0.4, -0.2) is 18.5 Å². The third-order valence-electron chi connectivity index (χ3n) is 2.28. The number of hydrogen-bond donors (Lipinski definition) is 2. The van der Waals surface area contributed by atoms with Crippen LogP contribution in [0.25, 0.3) is 0 Å². The summed E-state index contributed by atoms with van der Waals surface area (Å²) in [4.78, 5) is 3.51. The first kappa shape index (κ1) is 15.2. The zero-order valence-electron chi connectivity index (χ0n) is 9.64. The van der Waals surface area contributed by atoms with E-state index in [4.69, 9.17) is 34.8 Å². The van der Waals surface area contributed by atoms with Crippen LogP contribution in [0.5, 0.6) is 5.75 Å². The fraction of sp³-hybridized carbons (Fsp3) is 0. The Morgan fingerprint density at radius 2 is 1.75 bits per heavy atom. The van der Waals surface area contributed by atoms with Crippen molar-refractivity contribution in [3.63, 3.8) is 0 Å². The maximum absolute atomic E-state index is 12.1. The Morgan fingerprint density at radius 3 is 2.30 bits per heavy atom. The number of rotatable bonds is 3. The number of hydrogen-bond acceptors (Lipinski definition) is 4. The number of nitrogens with zero attached hydrogens (tertiary/aromatic N) is 1. The molecule has 2 aromatic rings. The molecule has 20 heavy (non-hydrogen) atoms. The standard InChI is InChI=1S/C11H7Cl3N2O3S/c12-7-4-6(5-8(13)10(7)17)16-20(18,19)9-2-1-3-15-11(9)14/h1-5,16-17H. The number of nitrogens with one attached hydrogen (secondary N) is 1. The van der Waals surface area contributed by atoms with E-state index in [1.807, 2.05) is 0 Å². The molecule has 0 saturated heterocycles. The van der Waals surface area contributed by atoms with Gasteiger partial charge in [-0.05, 0) is 24.3 Å². The van der Waals surface area contributed by atoms with Gasteiger partial charge in [-0.1, -0.05) is 34.8 Å². The molecule has 106 valence electrons. The van der Waals surface area contributed by atoms with Gasteiger partial charge in [0.2, 0.25) is 0 Å². The van der Waals surface area contributed by atoms with Crippen LogP contribution in [0, 0.1) is 0 Å². The van der Waals surface area contributed by atoms with Crippen LogP contribution >= 0.6 is 34.8 Å². The molecule has 9 heteroatoms. The number of halogens is 3. The topological polar surface area (TPSA) is 79.3 Å². The van der Waals surface area contributed by atoms with E-state index < -0.39 is 10.0 Å². The van der Waals surface area contributed by atoms with Gasteiger partial charge in [-0.3, -0.25) is 4.72 Å². The highest BCUT2D eigenvalue weighted by Crippen LogP contribution is 2.35. The minimum Gasteiger partial charge on any atom is -0.505 e. The zero-order chi connectivity index (χ0) is 14.9. The first-order valence-electron chi connectivity index (χ1n) is 5.12. The lowest BCUT2D eigenvalue weighted by atomic mass is 10.3. The van der Waals surface area contributed by atoms with Gasteiger partial charge in [0.05, 0.1) is 15.7 Å². The number of pyridine rings is 1. The number of aromatic nitrogens is 1. The number of phenols is 1. The van der Waals surface area contributed by atoms with Crippen molar-refractivity contribution >= 4 is 50.5 Å². The molecule has 0 radical (unpaired) electrons. The van der Waals surface area contributed by atoms with Crippen LogP contribution < -0.4 is 4.72 Å². The van der Waals surface area contributed by atoms with E-state index in [0.29, 0.717) is 0 Å². The quantitative estimate of drug-likeness (QED) is 0.653. The van der Waals surface area contributed by atoms with E-state index in [2.05, 4.69) is 9.71 Å². The summed E-state index contributed by atoms with van der Waals surface area (Å²) in [5.41, 5.74) is 0.0951. The van der Waals surface area contributed by atoms with Crippen molar-refractivity contribution in [3.05, 3.63) is 45.7 Å². The molecule has 1 heterocycles. The van der Waals surface area contributed by atoms with E-state index in [-0.39, 0.29) is 31.5 Å². The summed E-state index contributed by atoms with van der Waals surface area (Å²) in [6, 6.07) is 5.20. The van der Waals surface area contributed by atoms with E-state index >= 15 is 0 Å². The first-order valence-corrected chi connectivity index (χ1v) is 7.74.